The average molecular weight is 207 g/mol. The van der Waals surface area contributed by atoms with Crippen molar-refractivity contribution in [1.29, 1.82) is 5.26 Å². The molecule has 0 aromatic rings. The van der Waals surface area contributed by atoms with Crippen LogP contribution in [0.15, 0.2) is 23.3 Å². The molecular weight excluding hydrogens is 194 g/mol. The molecule has 0 heterocycles. The average Bonchev–Trinajstić information content (AvgIpc) is 2.28. The predicted molar refractivity (Wildman–Crippen MR) is 53.8 cm³/mol. The van der Waals surface area contributed by atoms with Crippen molar-refractivity contribution in [3.05, 3.63) is 23.3 Å². The third-order valence-corrected chi connectivity index (χ3v) is 2.26. The summed E-state index contributed by atoms with van der Waals surface area (Å²) in [5.74, 6) is -0.397. The molecule has 1 unspecified atom stereocenters. The highest BCUT2D eigenvalue weighted by Gasteiger charge is 2.20. The number of methoxy groups -OCH3 is 2. The van der Waals surface area contributed by atoms with Crippen LogP contribution in [-0.2, 0) is 14.3 Å². The van der Waals surface area contributed by atoms with Gasteiger partial charge in [-0.2, -0.15) is 5.26 Å². The number of ether oxygens (including phenoxy) is 2. The lowest BCUT2D eigenvalue weighted by molar-refractivity contribution is -0.135. The third kappa shape index (κ3) is 2.67. The molecular formula is C11H13NO3. The van der Waals surface area contributed by atoms with Crippen LogP contribution in [0.5, 0.6) is 0 Å². The van der Waals surface area contributed by atoms with Crippen molar-refractivity contribution in [1.82, 2.24) is 0 Å². The maximum absolute atomic E-state index is 11.4. The standard InChI is InChI=1S/C11H13NO3/c1-14-9-3-4-10(11(13)15-2)8(7-9)5-6-12/h4,7,9H,3,5H2,1-2H3. The first-order chi connectivity index (χ1) is 7.22. The van der Waals surface area contributed by atoms with Crippen LogP contribution in [0.3, 0.4) is 0 Å². The van der Waals surface area contributed by atoms with Gasteiger partial charge in [0.25, 0.3) is 0 Å². The molecule has 0 radical (unpaired) electrons. The summed E-state index contributed by atoms with van der Waals surface area (Å²) in [6.45, 7) is 0. The van der Waals surface area contributed by atoms with E-state index in [0.29, 0.717) is 17.6 Å². The lowest BCUT2D eigenvalue weighted by atomic mass is 9.94. The van der Waals surface area contributed by atoms with E-state index in [4.69, 9.17) is 10.00 Å². The third-order valence-electron chi connectivity index (χ3n) is 2.26. The molecule has 15 heavy (non-hydrogen) atoms. The Hall–Kier alpha value is -1.60. The molecule has 4 nitrogen and oxygen atoms in total. The van der Waals surface area contributed by atoms with E-state index >= 15 is 0 Å². The van der Waals surface area contributed by atoms with Gasteiger partial charge in [-0.3, -0.25) is 0 Å². The highest BCUT2D eigenvalue weighted by molar-refractivity contribution is 5.93. The van der Waals surface area contributed by atoms with Gasteiger partial charge in [0.2, 0.25) is 0 Å². The van der Waals surface area contributed by atoms with E-state index in [9.17, 15) is 4.79 Å². The fourth-order valence-corrected chi connectivity index (χ4v) is 1.48. The van der Waals surface area contributed by atoms with Crippen LogP contribution in [0, 0.1) is 11.3 Å². The topological polar surface area (TPSA) is 59.3 Å². The second-order valence-electron chi connectivity index (χ2n) is 3.15. The first-order valence-corrected chi connectivity index (χ1v) is 4.62. The molecule has 0 bridgehead atoms. The Morgan fingerprint density at radius 3 is 2.93 bits per heavy atom. The molecule has 0 amide bonds. The van der Waals surface area contributed by atoms with E-state index in [-0.39, 0.29) is 12.5 Å². The number of nitriles is 1. The summed E-state index contributed by atoms with van der Waals surface area (Å²) in [7, 11) is 2.93. The van der Waals surface area contributed by atoms with Gasteiger partial charge < -0.3 is 9.47 Å². The minimum absolute atomic E-state index is 0.0539. The molecule has 80 valence electrons. The summed E-state index contributed by atoms with van der Waals surface area (Å²) in [5.41, 5.74) is 1.16. The molecule has 0 aromatic heterocycles. The summed E-state index contributed by atoms with van der Waals surface area (Å²) in [5, 5.41) is 8.64. The van der Waals surface area contributed by atoms with Crippen molar-refractivity contribution < 1.29 is 14.3 Å². The van der Waals surface area contributed by atoms with Gasteiger partial charge in [-0.05, 0) is 12.0 Å². The summed E-state index contributed by atoms with van der Waals surface area (Å²) < 4.78 is 9.78. The van der Waals surface area contributed by atoms with E-state index in [1.54, 1.807) is 19.3 Å². The lowest BCUT2D eigenvalue weighted by Crippen LogP contribution is -2.16. The Balaban J connectivity index is 2.89. The SMILES string of the molecule is COC(=O)C1=CCC(OC)C=C1CC#N. The number of hydrogen-bond acceptors (Lipinski definition) is 4. The molecule has 1 rings (SSSR count). The van der Waals surface area contributed by atoms with Crippen LogP contribution < -0.4 is 0 Å². The first kappa shape index (κ1) is 11.5. The van der Waals surface area contributed by atoms with Gasteiger partial charge in [0, 0.05) is 7.11 Å². The van der Waals surface area contributed by atoms with Crippen molar-refractivity contribution in [3.63, 3.8) is 0 Å². The number of hydrogen-bond donors (Lipinski definition) is 0. The highest BCUT2D eigenvalue weighted by atomic mass is 16.5. The van der Waals surface area contributed by atoms with Crippen LogP contribution >= 0.6 is 0 Å². The molecule has 4 heteroatoms. The number of rotatable bonds is 3. The lowest BCUT2D eigenvalue weighted by Gasteiger charge is -2.18. The second-order valence-corrected chi connectivity index (χ2v) is 3.15. The number of carbonyl (C=O) groups excluding carboxylic acids is 1. The van der Waals surface area contributed by atoms with E-state index in [1.807, 2.05) is 6.07 Å². The molecule has 0 aliphatic heterocycles. The Morgan fingerprint density at radius 1 is 1.67 bits per heavy atom. The molecule has 0 spiro atoms. The van der Waals surface area contributed by atoms with Crippen molar-refractivity contribution in [2.45, 2.75) is 18.9 Å². The van der Waals surface area contributed by atoms with E-state index in [2.05, 4.69) is 4.74 Å². The first-order valence-electron chi connectivity index (χ1n) is 4.62. The smallest absolute Gasteiger partial charge is 0.337 e. The summed E-state index contributed by atoms with van der Waals surface area (Å²) in [6.07, 6.45) is 4.33. The van der Waals surface area contributed by atoms with Crippen LogP contribution in [0.1, 0.15) is 12.8 Å². The van der Waals surface area contributed by atoms with Gasteiger partial charge in [0.15, 0.2) is 0 Å². The molecule has 0 saturated heterocycles. The van der Waals surface area contributed by atoms with E-state index < -0.39 is 5.97 Å². The maximum atomic E-state index is 11.4. The monoisotopic (exact) mass is 207 g/mol. The van der Waals surface area contributed by atoms with Crippen molar-refractivity contribution in [2.24, 2.45) is 0 Å². The highest BCUT2D eigenvalue weighted by Crippen LogP contribution is 2.23. The minimum atomic E-state index is -0.397. The Morgan fingerprint density at radius 2 is 2.40 bits per heavy atom. The van der Waals surface area contributed by atoms with Gasteiger partial charge in [-0.15, -0.1) is 0 Å². The molecule has 1 aliphatic rings. The quantitative estimate of drug-likeness (QED) is 0.655. The number of esters is 1. The fraction of sp³-hybridized carbons (Fsp3) is 0.455. The second kappa shape index (κ2) is 5.32. The molecule has 0 saturated carbocycles. The zero-order valence-electron chi connectivity index (χ0n) is 8.82. The number of carbonyl (C=O) groups is 1. The van der Waals surface area contributed by atoms with Crippen molar-refractivity contribution >= 4 is 5.97 Å². The normalized spacial score (nSPS) is 19.9. The van der Waals surface area contributed by atoms with Crippen molar-refractivity contribution in [3.8, 4) is 6.07 Å². The maximum Gasteiger partial charge on any atom is 0.337 e. The number of nitrogens with zero attached hydrogens (tertiary/aromatic N) is 1. The van der Waals surface area contributed by atoms with E-state index in [0.717, 1.165) is 0 Å². The van der Waals surface area contributed by atoms with Crippen LogP contribution in [0.2, 0.25) is 0 Å². The molecule has 1 aliphatic carbocycles. The molecule has 0 N–H and O–H groups in total. The van der Waals surface area contributed by atoms with Gasteiger partial charge in [-0.25, -0.2) is 4.79 Å². The van der Waals surface area contributed by atoms with Crippen LogP contribution in [-0.4, -0.2) is 26.3 Å². The Kier molecular flexibility index (Phi) is 4.07. The van der Waals surface area contributed by atoms with Gasteiger partial charge in [0.1, 0.15) is 0 Å². The zero-order chi connectivity index (χ0) is 11.3. The summed E-state index contributed by atoms with van der Waals surface area (Å²) >= 11 is 0. The van der Waals surface area contributed by atoms with E-state index in [1.165, 1.54) is 7.11 Å². The van der Waals surface area contributed by atoms with Crippen LogP contribution in [0.4, 0.5) is 0 Å². The predicted octanol–water partition coefficient (Wildman–Crippen LogP) is 1.34. The van der Waals surface area contributed by atoms with Gasteiger partial charge in [-0.1, -0.05) is 12.2 Å². The van der Waals surface area contributed by atoms with Crippen molar-refractivity contribution in [2.75, 3.05) is 14.2 Å². The van der Waals surface area contributed by atoms with Gasteiger partial charge in [0.05, 0.1) is 31.3 Å². The Labute approximate surface area is 88.8 Å². The zero-order valence-corrected chi connectivity index (χ0v) is 8.82. The largest absolute Gasteiger partial charge is 0.465 e. The molecule has 0 fully saturated rings. The fourth-order valence-electron chi connectivity index (χ4n) is 1.48. The summed E-state index contributed by atoms with van der Waals surface area (Å²) in [4.78, 5) is 11.4. The molecule has 1 atom stereocenters. The Bertz CT molecular complexity index is 349. The van der Waals surface area contributed by atoms with Crippen LogP contribution in [0.25, 0.3) is 0 Å². The minimum Gasteiger partial charge on any atom is -0.465 e. The molecule has 0 aromatic carbocycles. The van der Waals surface area contributed by atoms with Gasteiger partial charge >= 0.3 is 5.97 Å². The summed E-state index contributed by atoms with van der Waals surface area (Å²) in [6, 6.07) is 2.02.